The Labute approximate surface area is 306 Å². The maximum Gasteiger partial charge on any atom is 0.309 e. The summed E-state index contributed by atoms with van der Waals surface area (Å²) in [7, 11) is 0. The molecule has 0 aromatic carbocycles. The van der Waals surface area contributed by atoms with Crippen molar-refractivity contribution in [3.8, 4) is 0 Å². The fourth-order valence-corrected chi connectivity index (χ4v) is 10.2. The number of nitrogens with two attached hydrogens (primary N) is 1. The molecule has 0 saturated heterocycles. The minimum atomic E-state index is -1.02. The highest BCUT2D eigenvalue weighted by molar-refractivity contribution is 5.70. The van der Waals surface area contributed by atoms with Gasteiger partial charge in [-0.3, -0.25) is 4.79 Å². The Balaban J connectivity index is 1.18. The summed E-state index contributed by atoms with van der Waals surface area (Å²) in [6.45, 7) is 4.36. The number of carbonyl (C=O) groups is 1. The maximum absolute atomic E-state index is 12.5. The molecule has 8 heteroatoms. The van der Waals surface area contributed by atoms with Crippen LogP contribution in [0.15, 0.2) is 42.7 Å². The Kier molecular flexibility index (Phi) is 14.2. The van der Waals surface area contributed by atoms with E-state index >= 15 is 0 Å². The SMILES string of the molecule is CCCCCC1C=CC(CCCCCC(C(=O)O)C(O)CCC2(O)CC(C3(c4ccnc(N)c4)CCCC3)CC2Cc2cc(CC)c[nH]2)C(O)C1. The number of carboxylic acids is 1. The van der Waals surface area contributed by atoms with E-state index in [1.807, 2.05) is 6.07 Å². The molecular weight excluding hydrogens is 638 g/mol. The van der Waals surface area contributed by atoms with Gasteiger partial charge in [-0.1, -0.05) is 77.4 Å². The number of aryl methyl sites for hydroxylation is 1. The quantitative estimate of drug-likeness (QED) is 0.0599. The second kappa shape index (κ2) is 18.4. The van der Waals surface area contributed by atoms with E-state index < -0.39 is 23.6 Å². The molecule has 0 spiro atoms. The van der Waals surface area contributed by atoms with E-state index in [1.54, 1.807) is 6.20 Å². The van der Waals surface area contributed by atoms with Gasteiger partial charge in [-0.2, -0.15) is 0 Å². The van der Waals surface area contributed by atoms with Gasteiger partial charge >= 0.3 is 5.97 Å². The number of aromatic amines is 1. The van der Waals surface area contributed by atoms with E-state index in [1.165, 1.54) is 30.4 Å². The number of nitrogen functional groups attached to an aromatic ring is 1. The molecule has 0 amide bonds. The second-order valence-electron chi connectivity index (χ2n) is 16.7. The van der Waals surface area contributed by atoms with Crippen molar-refractivity contribution in [3.05, 3.63) is 59.6 Å². The fourth-order valence-electron chi connectivity index (χ4n) is 10.2. The minimum Gasteiger partial charge on any atom is -0.481 e. The van der Waals surface area contributed by atoms with Crippen LogP contribution >= 0.6 is 0 Å². The monoisotopic (exact) mass is 706 g/mol. The second-order valence-corrected chi connectivity index (χ2v) is 16.7. The molecule has 0 bridgehead atoms. The van der Waals surface area contributed by atoms with Crippen LogP contribution in [-0.4, -0.2) is 54.2 Å². The van der Waals surface area contributed by atoms with Crippen LogP contribution in [0.2, 0.25) is 0 Å². The Morgan fingerprint density at radius 1 is 1.04 bits per heavy atom. The van der Waals surface area contributed by atoms with Crippen molar-refractivity contribution in [1.29, 1.82) is 0 Å². The molecule has 0 radical (unpaired) electrons. The summed E-state index contributed by atoms with van der Waals surface area (Å²) in [6, 6.07) is 6.33. The minimum absolute atomic E-state index is 0.00574. The molecule has 2 aromatic heterocycles. The molecule has 284 valence electrons. The summed E-state index contributed by atoms with van der Waals surface area (Å²) in [6.07, 6.45) is 24.8. The number of unbranched alkanes of at least 4 members (excludes halogenated alkanes) is 4. The van der Waals surface area contributed by atoms with Crippen molar-refractivity contribution in [3.63, 3.8) is 0 Å². The van der Waals surface area contributed by atoms with Crippen molar-refractivity contribution < 1.29 is 25.2 Å². The van der Waals surface area contributed by atoms with Crippen molar-refractivity contribution >= 4 is 11.8 Å². The largest absolute Gasteiger partial charge is 0.481 e. The molecule has 8 nitrogen and oxygen atoms in total. The van der Waals surface area contributed by atoms with Crippen LogP contribution in [0.1, 0.15) is 146 Å². The zero-order valence-corrected chi connectivity index (χ0v) is 31.4. The van der Waals surface area contributed by atoms with Crippen LogP contribution in [0.25, 0.3) is 0 Å². The van der Waals surface area contributed by atoms with Gasteiger partial charge in [0.2, 0.25) is 0 Å². The highest BCUT2D eigenvalue weighted by Crippen LogP contribution is 2.57. The number of nitrogens with zero attached hydrogens (tertiary/aromatic N) is 1. The van der Waals surface area contributed by atoms with Gasteiger partial charge in [0.25, 0.3) is 0 Å². The highest BCUT2D eigenvalue weighted by Gasteiger charge is 2.54. The number of rotatable bonds is 20. The Morgan fingerprint density at radius 3 is 2.51 bits per heavy atom. The number of H-pyrrole nitrogens is 1. The van der Waals surface area contributed by atoms with Gasteiger partial charge in [0.05, 0.1) is 23.7 Å². The number of nitrogens with one attached hydrogen (secondary N) is 1. The normalized spacial score (nSPS) is 28.6. The van der Waals surface area contributed by atoms with Crippen molar-refractivity contribution in [1.82, 2.24) is 9.97 Å². The lowest BCUT2D eigenvalue weighted by molar-refractivity contribution is -0.146. The van der Waals surface area contributed by atoms with Crippen LogP contribution in [0.3, 0.4) is 0 Å². The third-order valence-electron chi connectivity index (χ3n) is 13.3. The molecular formula is C43H67N3O5. The molecule has 2 aromatic rings. The van der Waals surface area contributed by atoms with Gasteiger partial charge in [0, 0.05) is 24.0 Å². The van der Waals surface area contributed by atoms with E-state index in [4.69, 9.17) is 5.73 Å². The van der Waals surface area contributed by atoms with Gasteiger partial charge in [0.15, 0.2) is 0 Å². The molecule has 2 saturated carbocycles. The van der Waals surface area contributed by atoms with Crippen LogP contribution in [0.5, 0.6) is 0 Å². The van der Waals surface area contributed by atoms with Crippen LogP contribution < -0.4 is 5.73 Å². The average Bonchev–Trinajstić information content (AvgIpc) is 3.86. The summed E-state index contributed by atoms with van der Waals surface area (Å²) in [5.74, 6) is -0.381. The first-order chi connectivity index (χ1) is 24.6. The van der Waals surface area contributed by atoms with E-state index in [-0.39, 0.29) is 35.7 Å². The predicted molar refractivity (Wildman–Crippen MR) is 204 cm³/mol. The molecule has 2 fully saturated rings. The molecule has 2 heterocycles. The highest BCUT2D eigenvalue weighted by atomic mass is 16.4. The van der Waals surface area contributed by atoms with Crippen LogP contribution in [-0.2, 0) is 23.1 Å². The molecule has 5 rings (SSSR count). The zero-order chi connectivity index (χ0) is 36.4. The number of anilines is 1. The Bertz CT molecular complexity index is 1400. The topological polar surface area (TPSA) is 153 Å². The molecule has 3 aliphatic carbocycles. The third-order valence-corrected chi connectivity index (χ3v) is 13.3. The van der Waals surface area contributed by atoms with Gasteiger partial charge in [-0.15, -0.1) is 0 Å². The fraction of sp³-hybridized carbons (Fsp3) is 0.721. The summed E-state index contributed by atoms with van der Waals surface area (Å²) in [4.78, 5) is 20.1. The van der Waals surface area contributed by atoms with E-state index in [0.717, 1.165) is 89.2 Å². The van der Waals surface area contributed by atoms with Gasteiger partial charge < -0.3 is 31.1 Å². The first-order valence-electron chi connectivity index (χ1n) is 20.4. The predicted octanol–water partition coefficient (Wildman–Crippen LogP) is 8.29. The summed E-state index contributed by atoms with van der Waals surface area (Å²) in [5.41, 5.74) is 8.70. The molecule has 0 aliphatic heterocycles. The van der Waals surface area contributed by atoms with E-state index in [9.17, 15) is 25.2 Å². The van der Waals surface area contributed by atoms with Crippen molar-refractivity contribution in [2.75, 3.05) is 5.73 Å². The number of allylic oxidation sites excluding steroid dienone is 1. The number of pyridine rings is 1. The van der Waals surface area contributed by atoms with Gasteiger partial charge in [-0.05, 0) is 130 Å². The average molecular weight is 706 g/mol. The molecule has 8 atom stereocenters. The Morgan fingerprint density at radius 2 is 1.82 bits per heavy atom. The number of hydrogen-bond acceptors (Lipinski definition) is 6. The third kappa shape index (κ3) is 10.1. The number of aliphatic hydroxyl groups excluding tert-OH is 2. The number of aromatic nitrogens is 2. The van der Waals surface area contributed by atoms with E-state index in [2.05, 4.69) is 54.3 Å². The molecule has 7 N–H and O–H groups in total. The molecule has 3 aliphatic rings. The number of aliphatic carboxylic acids is 1. The van der Waals surface area contributed by atoms with Gasteiger partial charge in [0.1, 0.15) is 5.82 Å². The summed E-state index contributed by atoms with van der Waals surface area (Å²) < 4.78 is 0. The molecule has 51 heavy (non-hydrogen) atoms. The summed E-state index contributed by atoms with van der Waals surface area (Å²) in [5, 5.41) is 44.7. The maximum atomic E-state index is 12.5. The van der Waals surface area contributed by atoms with Gasteiger partial charge in [-0.25, -0.2) is 4.98 Å². The first-order valence-corrected chi connectivity index (χ1v) is 20.4. The number of aliphatic hydroxyl groups is 3. The lowest BCUT2D eigenvalue weighted by atomic mass is 9.67. The standard InChI is InChI=1S/C43H67N3O5/c1-3-5-7-12-31-15-16-32(39(48)24-31)13-8-6-9-14-37(41(49)50)38(47)17-21-43(51)28-35(25-34(43)26-36-23-30(4-2)29-46-36)42(19-10-11-20-42)33-18-22-45-40(44)27-33/h15-16,18,22-23,27,29,31-32,34-35,37-39,46-48,51H,3-14,17,19-21,24-26,28H2,1-2H3,(H2,44,45)(H,49,50). The van der Waals surface area contributed by atoms with Crippen LogP contribution in [0.4, 0.5) is 5.82 Å². The summed E-state index contributed by atoms with van der Waals surface area (Å²) >= 11 is 0. The zero-order valence-electron chi connectivity index (χ0n) is 31.4. The van der Waals surface area contributed by atoms with Crippen molar-refractivity contribution in [2.24, 2.45) is 29.6 Å². The first kappa shape index (κ1) is 39.5. The van der Waals surface area contributed by atoms with Crippen molar-refractivity contribution in [2.45, 2.75) is 165 Å². The smallest absolute Gasteiger partial charge is 0.309 e. The van der Waals surface area contributed by atoms with Crippen LogP contribution in [0, 0.1) is 29.6 Å². The lowest BCUT2D eigenvalue weighted by Gasteiger charge is -2.37. The molecule has 8 unspecified atom stereocenters. The lowest BCUT2D eigenvalue weighted by Crippen LogP contribution is -2.38. The number of carboxylic acid groups (broad SMARTS) is 1. The Hall–Kier alpha value is -2.68. The number of hydrogen-bond donors (Lipinski definition) is 6. The van der Waals surface area contributed by atoms with E-state index in [0.29, 0.717) is 31.0 Å².